The molecule has 8 nitrogen and oxygen atoms in total. The molecule has 3 heterocycles. The number of aromatic nitrogens is 4. The van der Waals surface area contributed by atoms with E-state index in [0.717, 1.165) is 25.5 Å². The van der Waals surface area contributed by atoms with Gasteiger partial charge in [-0.25, -0.2) is 4.79 Å². The third-order valence-electron chi connectivity index (χ3n) is 5.55. The average molecular weight is 397 g/mol. The number of methoxy groups -OCH3 is 1. The zero-order valence-electron chi connectivity index (χ0n) is 17.2. The molecular weight excluding hydrogens is 370 g/mol. The van der Waals surface area contributed by atoms with Crippen molar-refractivity contribution in [3.05, 3.63) is 56.7 Å². The smallest absolute Gasteiger partial charge is 0.332 e. The van der Waals surface area contributed by atoms with Gasteiger partial charge in [-0.1, -0.05) is 37.3 Å². The highest BCUT2D eigenvalue weighted by Gasteiger charge is 2.28. The molecule has 0 bridgehead atoms. The van der Waals surface area contributed by atoms with Crippen LogP contribution >= 0.6 is 0 Å². The first kappa shape index (κ1) is 19.4. The molecule has 1 atom stereocenters. The molecule has 1 aromatic carbocycles. The monoisotopic (exact) mass is 397 g/mol. The molecule has 0 saturated carbocycles. The molecule has 0 spiro atoms. The lowest BCUT2D eigenvalue weighted by atomic mass is 10.1. The number of hydrogen-bond donors (Lipinski definition) is 0. The lowest BCUT2D eigenvalue weighted by molar-refractivity contribution is 0.184. The van der Waals surface area contributed by atoms with Gasteiger partial charge in [-0.2, -0.15) is 4.98 Å². The maximum Gasteiger partial charge on any atom is 0.332 e. The Morgan fingerprint density at radius 1 is 1.14 bits per heavy atom. The van der Waals surface area contributed by atoms with E-state index in [1.165, 1.54) is 14.7 Å². The van der Waals surface area contributed by atoms with Gasteiger partial charge >= 0.3 is 5.69 Å². The van der Waals surface area contributed by atoms with Crippen molar-refractivity contribution in [3.63, 3.8) is 0 Å². The first-order valence-corrected chi connectivity index (χ1v) is 9.99. The van der Waals surface area contributed by atoms with Crippen LogP contribution in [-0.2, 0) is 31.3 Å². The molecule has 0 unspecified atom stereocenters. The number of nitrogens with zero attached hydrogens (tertiary/aromatic N) is 5. The van der Waals surface area contributed by atoms with Crippen molar-refractivity contribution in [2.45, 2.75) is 26.4 Å². The summed E-state index contributed by atoms with van der Waals surface area (Å²) < 4.78 is 9.77. The van der Waals surface area contributed by atoms with Gasteiger partial charge in [0.2, 0.25) is 5.95 Å². The Labute approximate surface area is 169 Å². The Bertz CT molecular complexity index is 1130. The lowest BCUT2D eigenvalue weighted by Gasteiger charge is -2.33. The molecule has 29 heavy (non-hydrogen) atoms. The van der Waals surface area contributed by atoms with Gasteiger partial charge < -0.3 is 14.2 Å². The van der Waals surface area contributed by atoms with Crippen LogP contribution in [0.4, 0.5) is 5.95 Å². The zero-order chi connectivity index (χ0) is 20.5. The quantitative estimate of drug-likeness (QED) is 0.626. The highest BCUT2D eigenvalue weighted by Crippen LogP contribution is 2.26. The van der Waals surface area contributed by atoms with Gasteiger partial charge in [0.15, 0.2) is 11.2 Å². The summed E-state index contributed by atoms with van der Waals surface area (Å²) in [6.45, 7) is 5.11. The summed E-state index contributed by atoms with van der Waals surface area (Å²) in [5.74, 6) is 1.14. The van der Waals surface area contributed by atoms with Crippen LogP contribution in [0.1, 0.15) is 12.5 Å². The van der Waals surface area contributed by atoms with Gasteiger partial charge in [-0.3, -0.25) is 13.9 Å². The Morgan fingerprint density at radius 2 is 1.90 bits per heavy atom. The van der Waals surface area contributed by atoms with Gasteiger partial charge in [0.1, 0.15) is 0 Å². The minimum absolute atomic E-state index is 0.228. The van der Waals surface area contributed by atoms with E-state index >= 15 is 0 Å². The van der Waals surface area contributed by atoms with E-state index in [0.29, 0.717) is 30.2 Å². The highest BCUT2D eigenvalue weighted by molar-refractivity contribution is 5.75. The van der Waals surface area contributed by atoms with E-state index in [4.69, 9.17) is 9.72 Å². The van der Waals surface area contributed by atoms with Gasteiger partial charge in [0.25, 0.3) is 5.56 Å². The number of ether oxygens (including phenoxy) is 1. The molecule has 0 radical (unpaired) electrons. The third kappa shape index (κ3) is 3.48. The fourth-order valence-corrected chi connectivity index (χ4v) is 4.08. The Balaban J connectivity index is 1.78. The summed E-state index contributed by atoms with van der Waals surface area (Å²) in [5, 5.41) is 0. The average Bonchev–Trinajstić information content (AvgIpc) is 3.11. The maximum absolute atomic E-state index is 13.1. The van der Waals surface area contributed by atoms with Crippen LogP contribution < -0.4 is 16.1 Å². The number of rotatable bonds is 6. The fourth-order valence-electron chi connectivity index (χ4n) is 4.08. The number of benzene rings is 1. The summed E-state index contributed by atoms with van der Waals surface area (Å²) in [6.07, 6.45) is 0.897. The Morgan fingerprint density at radius 3 is 2.62 bits per heavy atom. The van der Waals surface area contributed by atoms with Crippen LogP contribution in [0.2, 0.25) is 0 Å². The van der Waals surface area contributed by atoms with Gasteiger partial charge in [-0.05, 0) is 17.9 Å². The van der Waals surface area contributed by atoms with Gasteiger partial charge in [0.05, 0.1) is 13.2 Å². The predicted molar refractivity (Wildman–Crippen MR) is 113 cm³/mol. The summed E-state index contributed by atoms with van der Waals surface area (Å²) in [6, 6.07) is 10.3. The van der Waals surface area contributed by atoms with Crippen molar-refractivity contribution in [2.24, 2.45) is 13.0 Å². The molecule has 0 fully saturated rings. The second kappa shape index (κ2) is 7.87. The molecule has 3 aromatic rings. The summed E-state index contributed by atoms with van der Waals surface area (Å²) >= 11 is 0. The second-order valence-electron chi connectivity index (χ2n) is 7.77. The van der Waals surface area contributed by atoms with E-state index in [1.807, 2.05) is 22.8 Å². The fraction of sp³-hybridized carbons (Fsp3) is 0.476. The van der Waals surface area contributed by atoms with Crippen molar-refractivity contribution >= 4 is 17.1 Å². The van der Waals surface area contributed by atoms with E-state index in [1.54, 1.807) is 14.2 Å². The Kier molecular flexibility index (Phi) is 5.27. The van der Waals surface area contributed by atoms with Crippen LogP contribution in [0.3, 0.4) is 0 Å². The van der Waals surface area contributed by atoms with Crippen LogP contribution in [0, 0.1) is 5.92 Å². The third-order valence-corrected chi connectivity index (χ3v) is 5.55. The second-order valence-corrected chi connectivity index (χ2v) is 7.77. The number of aryl methyl sites for hydroxylation is 1. The van der Waals surface area contributed by atoms with Crippen LogP contribution in [0.15, 0.2) is 39.9 Å². The molecule has 154 valence electrons. The topological polar surface area (TPSA) is 74.3 Å². The summed E-state index contributed by atoms with van der Waals surface area (Å²) in [5.41, 5.74) is 1.55. The van der Waals surface area contributed by atoms with Crippen LogP contribution in [-0.4, -0.2) is 45.5 Å². The standard InChI is InChI=1S/C21H27N5O3/c1-15-13-24(10-9-16-7-5-4-6-8-16)20-22-18-17(26(20)14-15)19(27)25(11-12-29-3)21(28)23(18)2/h4-8,15H,9-14H2,1-3H3/t15-/m0/s1. The number of imidazole rings is 1. The first-order chi connectivity index (χ1) is 14.0. The van der Waals surface area contributed by atoms with E-state index in [9.17, 15) is 9.59 Å². The van der Waals surface area contributed by atoms with Crippen molar-refractivity contribution in [3.8, 4) is 0 Å². The molecule has 0 saturated heterocycles. The normalized spacial score (nSPS) is 16.4. The van der Waals surface area contributed by atoms with Gasteiger partial charge in [0, 0.05) is 33.8 Å². The minimum atomic E-state index is -0.362. The molecule has 2 aromatic heterocycles. The predicted octanol–water partition coefficient (Wildman–Crippen LogP) is 1.24. The van der Waals surface area contributed by atoms with Crippen molar-refractivity contribution in [1.29, 1.82) is 0 Å². The number of hydrogen-bond acceptors (Lipinski definition) is 5. The number of anilines is 1. The molecule has 8 heteroatoms. The SMILES string of the molecule is COCCn1c(=O)c2c(nc3n2C[C@@H](C)CN3CCc2ccccc2)n(C)c1=O. The molecule has 1 aliphatic rings. The first-order valence-electron chi connectivity index (χ1n) is 9.99. The van der Waals surface area contributed by atoms with Crippen molar-refractivity contribution < 1.29 is 4.74 Å². The van der Waals surface area contributed by atoms with Gasteiger partial charge in [-0.15, -0.1) is 0 Å². The molecule has 0 aliphatic carbocycles. The Hall–Kier alpha value is -2.87. The van der Waals surface area contributed by atoms with E-state index < -0.39 is 0 Å². The van der Waals surface area contributed by atoms with Crippen molar-refractivity contribution in [2.75, 3.05) is 31.7 Å². The molecule has 4 rings (SSSR count). The van der Waals surface area contributed by atoms with Crippen molar-refractivity contribution in [1.82, 2.24) is 18.7 Å². The largest absolute Gasteiger partial charge is 0.383 e. The molecule has 0 amide bonds. The number of fused-ring (bicyclic) bond motifs is 3. The summed E-state index contributed by atoms with van der Waals surface area (Å²) in [7, 11) is 3.23. The lowest BCUT2D eigenvalue weighted by Crippen LogP contribution is -2.42. The van der Waals surface area contributed by atoms with Crippen LogP contribution in [0.5, 0.6) is 0 Å². The minimum Gasteiger partial charge on any atom is -0.383 e. The molecular formula is C21H27N5O3. The molecule has 1 aliphatic heterocycles. The highest BCUT2D eigenvalue weighted by atomic mass is 16.5. The van der Waals surface area contributed by atoms with E-state index in [-0.39, 0.29) is 17.8 Å². The van der Waals surface area contributed by atoms with E-state index in [2.05, 4.69) is 24.0 Å². The van der Waals surface area contributed by atoms with Crippen LogP contribution in [0.25, 0.3) is 11.2 Å². The zero-order valence-corrected chi connectivity index (χ0v) is 17.2. The molecule has 0 N–H and O–H groups in total. The maximum atomic E-state index is 13.1. The summed E-state index contributed by atoms with van der Waals surface area (Å²) in [4.78, 5) is 32.8.